The van der Waals surface area contributed by atoms with Crippen LogP contribution in [0.2, 0.25) is 0 Å². The lowest BCUT2D eigenvalue weighted by molar-refractivity contribution is 0.0659. The summed E-state index contributed by atoms with van der Waals surface area (Å²) in [6, 6.07) is 2.68. The minimum Gasteiger partial charge on any atom is -0.475 e. The number of thioether (sulfide) groups is 1. The summed E-state index contributed by atoms with van der Waals surface area (Å²) in [5.74, 6) is -1.69. The molecule has 1 aliphatic carbocycles. The molecule has 1 aliphatic rings. The second-order valence-electron chi connectivity index (χ2n) is 4.75. The third-order valence-corrected chi connectivity index (χ3v) is 4.98. The third-order valence-electron chi connectivity index (χ3n) is 3.56. The van der Waals surface area contributed by atoms with Crippen LogP contribution in [0.4, 0.5) is 0 Å². The highest BCUT2D eigenvalue weighted by molar-refractivity contribution is 8.00. The van der Waals surface area contributed by atoms with Crippen molar-refractivity contribution in [2.24, 2.45) is 0 Å². The molecule has 5 nitrogen and oxygen atoms in total. The van der Waals surface area contributed by atoms with Crippen molar-refractivity contribution in [3.8, 4) is 0 Å². The van der Waals surface area contributed by atoms with Crippen molar-refractivity contribution in [3.05, 3.63) is 23.7 Å². The number of furan rings is 1. The first-order valence-electron chi connectivity index (χ1n) is 6.23. The SMILES string of the molecule is CSC1(CNC(=O)c2ccc(C(=O)O)o2)CCCC1. The lowest BCUT2D eigenvalue weighted by Crippen LogP contribution is -2.38. The van der Waals surface area contributed by atoms with Crippen molar-refractivity contribution < 1.29 is 19.1 Å². The monoisotopic (exact) mass is 283 g/mol. The number of nitrogens with one attached hydrogen (secondary N) is 1. The van der Waals surface area contributed by atoms with Gasteiger partial charge in [0.25, 0.3) is 5.91 Å². The molecule has 0 atom stereocenters. The summed E-state index contributed by atoms with van der Waals surface area (Å²) < 4.78 is 5.09. The average Bonchev–Trinajstić information content (AvgIpc) is 3.06. The quantitative estimate of drug-likeness (QED) is 0.867. The number of hydrogen-bond donors (Lipinski definition) is 2. The van der Waals surface area contributed by atoms with Crippen LogP contribution >= 0.6 is 11.8 Å². The minimum absolute atomic E-state index is 0.0478. The molecule has 1 fully saturated rings. The highest BCUT2D eigenvalue weighted by Crippen LogP contribution is 2.39. The summed E-state index contributed by atoms with van der Waals surface area (Å²) in [6.07, 6.45) is 6.66. The van der Waals surface area contributed by atoms with Crippen molar-refractivity contribution in [3.63, 3.8) is 0 Å². The zero-order chi connectivity index (χ0) is 13.9. The van der Waals surface area contributed by atoms with E-state index >= 15 is 0 Å². The Kier molecular flexibility index (Phi) is 4.19. The molecule has 0 saturated heterocycles. The smallest absolute Gasteiger partial charge is 0.371 e. The molecule has 2 rings (SSSR count). The van der Waals surface area contributed by atoms with E-state index in [-0.39, 0.29) is 22.2 Å². The van der Waals surface area contributed by atoms with Gasteiger partial charge in [-0.25, -0.2) is 4.79 Å². The number of hydrogen-bond acceptors (Lipinski definition) is 4. The molecule has 2 N–H and O–H groups in total. The largest absolute Gasteiger partial charge is 0.475 e. The van der Waals surface area contributed by atoms with Crippen LogP contribution in [0.15, 0.2) is 16.5 Å². The minimum atomic E-state index is -1.17. The van der Waals surface area contributed by atoms with Crippen molar-refractivity contribution in [1.29, 1.82) is 0 Å². The Labute approximate surface area is 115 Å². The van der Waals surface area contributed by atoms with Crippen molar-refractivity contribution in [1.82, 2.24) is 5.32 Å². The summed E-state index contributed by atoms with van der Waals surface area (Å²) in [7, 11) is 0. The molecule has 1 aromatic rings. The fourth-order valence-corrected chi connectivity index (χ4v) is 3.29. The normalized spacial score (nSPS) is 17.3. The molecule has 1 heterocycles. The molecule has 104 valence electrons. The van der Waals surface area contributed by atoms with Crippen LogP contribution in [0, 0.1) is 0 Å². The molecule has 0 bridgehead atoms. The second-order valence-corrected chi connectivity index (χ2v) is 6.02. The van der Waals surface area contributed by atoms with Gasteiger partial charge >= 0.3 is 5.97 Å². The number of carboxylic acids is 1. The summed E-state index contributed by atoms with van der Waals surface area (Å²) in [4.78, 5) is 22.6. The van der Waals surface area contributed by atoms with Crippen LogP contribution in [0.5, 0.6) is 0 Å². The first-order valence-corrected chi connectivity index (χ1v) is 7.45. The Morgan fingerprint density at radius 1 is 1.37 bits per heavy atom. The fraction of sp³-hybridized carbons (Fsp3) is 0.538. The topological polar surface area (TPSA) is 79.5 Å². The van der Waals surface area contributed by atoms with E-state index in [1.54, 1.807) is 11.8 Å². The molecule has 1 amide bonds. The Bertz CT molecular complexity index is 477. The zero-order valence-electron chi connectivity index (χ0n) is 10.8. The molecular formula is C13H17NO4S. The Balaban J connectivity index is 1.95. The van der Waals surface area contributed by atoms with Crippen molar-refractivity contribution in [2.75, 3.05) is 12.8 Å². The van der Waals surface area contributed by atoms with Crippen LogP contribution in [-0.4, -0.2) is 34.5 Å². The molecule has 0 aliphatic heterocycles. The van der Waals surface area contributed by atoms with Gasteiger partial charge in [0.05, 0.1) is 0 Å². The van der Waals surface area contributed by atoms with Crippen LogP contribution in [0.1, 0.15) is 46.8 Å². The molecule has 19 heavy (non-hydrogen) atoms. The number of carbonyl (C=O) groups excluding carboxylic acids is 1. The third kappa shape index (κ3) is 3.12. The van der Waals surface area contributed by atoms with Crippen molar-refractivity contribution in [2.45, 2.75) is 30.4 Å². The van der Waals surface area contributed by atoms with Gasteiger partial charge in [-0.05, 0) is 31.2 Å². The Hall–Kier alpha value is -1.43. The lowest BCUT2D eigenvalue weighted by Gasteiger charge is -2.26. The molecule has 0 spiro atoms. The highest BCUT2D eigenvalue weighted by Gasteiger charge is 2.33. The van der Waals surface area contributed by atoms with E-state index in [1.807, 2.05) is 0 Å². The molecule has 0 radical (unpaired) electrons. The Morgan fingerprint density at radius 2 is 2.00 bits per heavy atom. The number of amides is 1. The zero-order valence-corrected chi connectivity index (χ0v) is 11.6. The van der Waals surface area contributed by atoms with E-state index in [2.05, 4.69) is 11.6 Å². The van der Waals surface area contributed by atoms with E-state index < -0.39 is 5.97 Å². The van der Waals surface area contributed by atoms with Gasteiger partial charge in [-0.15, -0.1) is 0 Å². The molecule has 1 saturated carbocycles. The van der Waals surface area contributed by atoms with E-state index in [0.29, 0.717) is 6.54 Å². The van der Waals surface area contributed by atoms with Gasteiger partial charge < -0.3 is 14.8 Å². The summed E-state index contributed by atoms with van der Waals surface area (Å²) in [5.41, 5.74) is 0. The Morgan fingerprint density at radius 3 is 2.53 bits per heavy atom. The molecule has 0 aromatic carbocycles. The maximum absolute atomic E-state index is 11.9. The van der Waals surface area contributed by atoms with Gasteiger partial charge in [-0.1, -0.05) is 12.8 Å². The average molecular weight is 283 g/mol. The lowest BCUT2D eigenvalue weighted by atomic mass is 10.1. The predicted octanol–water partition coefficient (Wildman–Crippen LogP) is 2.38. The van der Waals surface area contributed by atoms with E-state index in [4.69, 9.17) is 9.52 Å². The van der Waals surface area contributed by atoms with Gasteiger partial charge in [-0.3, -0.25) is 4.79 Å². The highest BCUT2D eigenvalue weighted by atomic mass is 32.2. The van der Waals surface area contributed by atoms with E-state index in [1.165, 1.54) is 25.0 Å². The van der Waals surface area contributed by atoms with Gasteiger partial charge in [-0.2, -0.15) is 11.8 Å². The van der Waals surface area contributed by atoms with Crippen LogP contribution < -0.4 is 5.32 Å². The number of aromatic carboxylic acids is 1. The van der Waals surface area contributed by atoms with Crippen LogP contribution in [0.25, 0.3) is 0 Å². The number of rotatable bonds is 5. The van der Waals surface area contributed by atoms with E-state index in [9.17, 15) is 9.59 Å². The molecule has 1 aromatic heterocycles. The molecule has 6 heteroatoms. The summed E-state index contributed by atoms with van der Waals surface area (Å²) >= 11 is 1.79. The summed E-state index contributed by atoms with van der Waals surface area (Å²) in [5, 5.41) is 11.6. The first kappa shape index (κ1) is 14.0. The van der Waals surface area contributed by atoms with Gasteiger partial charge in [0, 0.05) is 11.3 Å². The maximum Gasteiger partial charge on any atom is 0.371 e. The maximum atomic E-state index is 11.9. The predicted molar refractivity (Wildman–Crippen MR) is 72.7 cm³/mol. The van der Waals surface area contributed by atoms with Gasteiger partial charge in [0.15, 0.2) is 5.76 Å². The standard InChI is InChI=1S/C13H17NO4S/c1-19-13(6-2-3-7-13)8-14-11(15)9-4-5-10(18-9)12(16)17/h4-5H,2-3,6-8H2,1H3,(H,14,15)(H,16,17). The van der Waals surface area contributed by atoms with Gasteiger partial charge in [0.2, 0.25) is 5.76 Å². The van der Waals surface area contributed by atoms with Crippen LogP contribution in [-0.2, 0) is 0 Å². The molecule has 0 unspecified atom stereocenters. The molecular weight excluding hydrogens is 266 g/mol. The van der Waals surface area contributed by atoms with Gasteiger partial charge in [0.1, 0.15) is 0 Å². The fourth-order valence-electron chi connectivity index (χ4n) is 2.38. The first-order chi connectivity index (χ1) is 9.06. The number of carboxylic acid groups (broad SMARTS) is 1. The van der Waals surface area contributed by atoms with Crippen molar-refractivity contribution >= 4 is 23.6 Å². The number of carbonyl (C=O) groups is 2. The second kappa shape index (κ2) is 5.69. The van der Waals surface area contributed by atoms with Crippen LogP contribution in [0.3, 0.4) is 0 Å². The van der Waals surface area contributed by atoms with E-state index in [0.717, 1.165) is 12.8 Å². The summed E-state index contributed by atoms with van der Waals surface area (Å²) in [6.45, 7) is 0.593.